The Morgan fingerprint density at radius 1 is 1.89 bits per heavy atom. The maximum atomic E-state index is 3.66. The summed E-state index contributed by atoms with van der Waals surface area (Å²) in [5.74, 6) is 1.04. The van der Waals surface area contributed by atoms with Crippen molar-refractivity contribution >= 4 is 11.8 Å². The molecule has 0 aliphatic carbocycles. The van der Waals surface area contributed by atoms with Crippen LogP contribution in [0, 0.1) is 0 Å². The summed E-state index contributed by atoms with van der Waals surface area (Å²) in [7, 11) is 0. The zero-order chi connectivity index (χ0) is 5.98. The van der Waals surface area contributed by atoms with Crippen LogP contribution in [0.25, 0.3) is 0 Å². The average molecular weight is 145 g/mol. The Labute approximate surface area is 59.5 Å². The largest absolute Gasteiger partial charge is 0.412 e. The monoisotopic (exact) mass is 145 g/mol. The van der Waals surface area contributed by atoms with Gasteiger partial charge in [-0.2, -0.15) is 0 Å². The first-order valence-electron chi connectivity index (χ1n) is 2.52. The maximum Gasteiger partial charge on any atom is 0.0720 e. The summed E-state index contributed by atoms with van der Waals surface area (Å²) in [6, 6.07) is 0. The molecule has 1 aliphatic heterocycles. The van der Waals surface area contributed by atoms with Crippen LogP contribution in [-0.4, -0.2) is 16.3 Å². The summed E-state index contributed by atoms with van der Waals surface area (Å²) in [5, 5.41) is 2.14. The van der Waals surface area contributed by atoms with E-state index in [2.05, 4.69) is 23.8 Å². The van der Waals surface area contributed by atoms with Crippen molar-refractivity contribution in [2.24, 2.45) is 0 Å². The van der Waals surface area contributed by atoms with Crippen LogP contribution in [0.3, 0.4) is 0 Å². The second kappa shape index (κ2) is 3.58. The van der Waals surface area contributed by atoms with Gasteiger partial charge in [0.25, 0.3) is 0 Å². The van der Waals surface area contributed by atoms with Gasteiger partial charge < -0.3 is 10.4 Å². The molecule has 9 heavy (non-hydrogen) atoms. The fourth-order valence-electron chi connectivity index (χ4n) is 0.604. The van der Waals surface area contributed by atoms with Crippen LogP contribution in [0.2, 0.25) is 0 Å². The smallest absolute Gasteiger partial charge is 0.0720 e. The second-order valence-electron chi connectivity index (χ2n) is 1.71. The van der Waals surface area contributed by atoms with Crippen LogP contribution in [0.15, 0.2) is 23.9 Å². The Bertz CT molecular complexity index is 133. The molecule has 1 heterocycles. The van der Waals surface area contributed by atoms with Gasteiger partial charge in [-0.05, 0) is 18.5 Å². The van der Waals surface area contributed by atoms with E-state index in [1.54, 1.807) is 0 Å². The Hall–Kier alpha value is -0.410. The van der Waals surface area contributed by atoms with Crippen molar-refractivity contribution in [3.8, 4) is 0 Å². The lowest BCUT2D eigenvalue weighted by atomic mass is 10.5. The Morgan fingerprint density at radius 2 is 2.56 bits per heavy atom. The molecule has 0 aromatic heterocycles. The molecule has 1 rings (SSSR count). The van der Waals surface area contributed by atoms with Gasteiger partial charge in [-0.25, -0.2) is 0 Å². The van der Waals surface area contributed by atoms with Gasteiger partial charge in [-0.1, -0.05) is 6.58 Å². The minimum absolute atomic E-state index is 0. The van der Waals surface area contributed by atoms with Crippen LogP contribution >= 0.6 is 11.8 Å². The molecule has 0 aromatic rings. The summed E-state index contributed by atoms with van der Waals surface area (Å²) in [5.41, 5.74) is 1.30. The number of thioether (sulfide) groups is 1. The van der Waals surface area contributed by atoms with Gasteiger partial charge in [-0.3, -0.25) is 0 Å². The zero-order valence-corrected chi connectivity index (χ0v) is 6.24. The predicted molar refractivity (Wildman–Crippen MR) is 41.9 cm³/mol. The van der Waals surface area contributed by atoms with E-state index in [1.165, 1.54) is 5.70 Å². The first kappa shape index (κ1) is 8.59. The summed E-state index contributed by atoms with van der Waals surface area (Å²) < 4.78 is 0. The van der Waals surface area contributed by atoms with Crippen molar-refractivity contribution in [3.63, 3.8) is 0 Å². The SMILES string of the molecule is C=CN1CSC=C1C.O. The fraction of sp³-hybridized carbons (Fsp3) is 0.333. The van der Waals surface area contributed by atoms with Crippen LogP contribution in [-0.2, 0) is 0 Å². The lowest BCUT2D eigenvalue weighted by Crippen LogP contribution is -2.07. The molecule has 0 radical (unpaired) electrons. The molecule has 0 saturated heterocycles. The number of rotatable bonds is 1. The lowest BCUT2D eigenvalue weighted by molar-refractivity contribution is 0.563. The first-order chi connectivity index (χ1) is 3.84. The van der Waals surface area contributed by atoms with Gasteiger partial charge in [0.1, 0.15) is 0 Å². The van der Waals surface area contributed by atoms with Crippen molar-refractivity contribution in [2.45, 2.75) is 6.92 Å². The molecule has 0 aromatic carbocycles. The third-order valence-electron chi connectivity index (χ3n) is 1.14. The Kier molecular flexibility index (Phi) is 3.42. The van der Waals surface area contributed by atoms with Gasteiger partial charge in [0.05, 0.1) is 5.88 Å². The number of hydrogen-bond acceptors (Lipinski definition) is 2. The van der Waals surface area contributed by atoms with E-state index < -0.39 is 0 Å². The minimum atomic E-state index is 0. The molecule has 0 atom stereocenters. The van der Waals surface area contributed by atoms with Crippen molar-refractivity contribution < 1.29 is 5.48 Å². The molecule has 0 amide bonds. The fourth-order valence-corrected chi connectivity index (χ4v) is 1.53. The van der Waals surface area contributed by atoms with E-state index in [1.807, 2.05) is 18.0 Å². The molecule has 2 nitrogen and oxygen atoms in total. The van der Waals surface area contributed by atoms with E-state index in [9.17, 15) is 0 Å². The average Bonchev–Trinajstić information content (AvgIpc) is 2.14. The van der Waals surface area contributed by atoms with Crippen LogP contribution < -0.4 is 0 Å². The van der Waals surface area contributed by atoms with Gasteiger partial charge in [-0.15, -0.1) is 11.8 Å². The third-order valence-corrected chi connectivity index (χ3v) is 2.08. The maximum absolute atomic E-state index is 3.66. The summed E-state index contributed by atoms with van der Waals surface area (Å²) in [6.45, 7) is 5.75. The number of allylic oxidation sites excluding steroid dienone is 1. The van der Waals surface area contributed by atoms with Crippen LogP contribution in [0.1, 0.15) is 6.92 Å². The minimum Gasteiger partial charge on any atom is -0.412 e. The Balaban J connectivity index is 0.000000640. The molecule has 52 valence electrons. The molecule has 0 bridgehead atoms. The summed E-state index contributed by atoms with van der Waals surface area (Å²) in [4.78, 5) is 2.12. The van der Waals surface area contributed by atoms with Crippen molar-refractivity contribution in [2.75, 3.05) is 5.88 Å². The van der Waals surface area contributed by atoms with Crippen molar-refractivity contribution in [3.05, 3.63) is 23.9 Å². The second-order valence-corrected chi connectivity index (χ2v) is 2.53. The van der Waals surface area contributed by atoms with Crippen LogP contribution in [0.5, 0.6) is 0 Å². The van der Waals surface area contributed by atoms with Crippen molar-refractivity contribution in [1.82, 2.24) is 4.90 Å². The van der Waals surface area contributed by atoms with Crippen molar-refractivity contribution in [1.29, 1.82) is 0 Å². The molecule has 3 heteroatoms. The van der Waals surface area contributed by atoms with Gasteiger partial charge in [0, 0.05) is 5.70 Å². The highest BCUT2D eigenvalue weighted by molar-refractivity contribution is 8.02. The highest BCUT2D eigenvalue weighted by Crippen LogP contribution is 2.21. The molecule has 1 aliphatic rings. The number of hydrogen-bond donors (Lipinski definition) is 0. The van der Waals surface area contributed by atoms with E-state index in [4.69, 9.17) is 0 Å². The highest BCUT2D eigenvalue weighted by Gasteiger charge is 2.05. The summed E-state index contributed by atoms with van der Waals surface area (Å²) in [6.07, 6.45) is 1.85. The van der Waals surface area contributed by atoms with Crippen LogP contribution in [0.4, 0.5) is 0 Å². The first-order valence-corrected chi connectivity index (χ1v) is 3.57. The number of nitrogens with zero attached hydrogens (tertiary/aromatic N) is 1. The molecule has 0 unspecified atom stereocenters. The highest BCUT2D eigenvalue weighted by atomic mass is 32.2. The molecule has 0 saturated carbocycles. The summed E-state index contributed by atoms with van der Waals surface area (Å²) >= 11 is 1.81. The van der Waals surface area contributed by atoms with E-state index in [0.29, 0.717) is 0 Å². The molecule has 2 N–H and O–H groups in total. The normalized spacial score (nSPS) is 16.6. The zero-order valence-electron chi connectivity index (χ0n) is 5.42. The van der Waals surface area contributed by atoms with Gasteiger partial charge in [0.15, 0.2) is 0 Å². The predicted octanol–water partition coefficient (Wildman–Crippen LogP) is 1.17. The standard InChI is InChI=1S/C6H9NS.H2O/c1-3-7-5-8-4-6(7)2;/h3-4H,1,5H2,2H3;1H2. The molecule has 0 spiro atoms. The third kappa shape index (κ3) is 1.77. The molecular weight excluding hydrogens is 134 g/mol. The van der Waals surface area contributed by atoms with Gasteiger partial charge in [0.2, 0.25) is 0 Å². The van der Waals surface area contributed by atoms with E-state index in [0.717, 1.165) is 5.88 Å². The molecular formula is C6H11NOS. The quantitative estimate of drug-likeness (QED) is 0.555. The van der Waals surface area contributed by atoms with E-state index >= 15 is 0 Å². The Morgan fingerprint density at radius 3 is 2.78 bits per heavy atom. The molecule has 0 fully saturated rings. The lowest BCUT2D eigenvalue weighted by Gasteiger charge is -2.10. The topological polar surface area (TPSA) is 34.7 Å². The van der Waals surface area contributed by atoms with Gasteiger partial charge >= 0.3 is 0 Å². The van der Waals surface area contributed by atoms with E-state index in [-0.39, 0.29) is 5.48 Å².